The number of oxime groups is 1. The molecule has 0 spiro atoms. The fraction of sp³-hybridized carbons (Fsp3) is 0.300. The molecule has 31 heavy (non-hydrogen) atoms. The van der Waals surface area contributed by atoms with Crippen LogP contribution in [-0.4, -0.2) is 40.0 Å². The zero-order valence-corrected chi connectivity index (χ0v) is 17.4. The third-order valence-corrected chi connectivity index (χ3v) is 4.63. The first-order valence-corrected chi connectivity index (χ1v) is 9.16. The SMILES string of the molecule is CNOc1cc(C2=NOC(c3cc(OC)c(C(=O)N=[N+]=[N-])c(OC)c3)C2)ccc1OC. The summed E-state index contributed by atoms with van der Waals surface area (Å²) in [6, 6.07) is 8.70. The van der Waals surface area contributed by atoms with Gasteiger partial charge in [-0.25, -0.2) is 0 Å². The molecule has 0 saturated heterocycles. The Hall–Kier alpha value is -3.95. The Morgan fingerprint density at radius 3 is 2.39 bits per heavy atom. The highest BCUT2D eigenvalue weighted by atomic mass is 16.7. The minimum Gasteiger partial charge on any atom is -0.496 e. The summed E-state index contributed by atoms with van der Waals surface area (Å²) in [6.07, 6.45) is 0.0264. The van der Waals surface area contributed by atoms with E-state index >= 15 is 0 Å². The molecular weight excluding hydrogens is 406 g/mol. The smallest absolute Gasteiger partial charge is 0.256 e. The molecule has 0 fully saturated rings. The zero-order chi connectivity index (χ0) is 22.4. The molecule has 162 valence electrons. The Labute approximate surface area is 178 Å². The summed E-state index contributed by atoms with van der Waals surface area (Å²) < 4.78 is 15.9. The maximum absolute atomic E-state index is 12.1. The summed E-state index contributed by atoms with van der Waals surface area (Å²) in [5.41, 5.74) is 13.4. The highest BCUT2D eigenvalue weighted by Crippen LogP contribution is 2.38. The number of nitrogens with one attached hydrogen (secondary N) is 1. The van der Waals surface area contributed by atoms with E-state index in [0.717, 1.165) is 5.56 Å². The first-order valence-electron chi connectivity index (χ1n) is 9.16. The van der Waals surface area contributed by atoms with E-state index in [1.54, 1.807) is 38.4 Å². The third-order valence-electron chi connectivity index (χ3n) is 4.63. The molecule has 0 aliphatic carbocycles. The van der Waals surface area contributed by atoms with Gasteiger partial charge in [-0.1, -0.05) is 5.16 Å². The third kappa shape index (κ3) is 4.47. The van der Waals surface area contributed by atoms with E-state index < -0.39 is 12.0 Å². The molecule has 1 heterocycles. The van der Waals surface area contributed by atoms with Crippen molar-refractivity contribution in [2.45, 2.75) is 12.5 Å². The summed E-state index contributed by atoms with van der Waals surface area (Å²) in [5, 5.41) is 7.33. The minimum atomic E-state index is -0.803. The van der Waals surface area contributed by atoms with Crippen LogP contribution >= 0.6 is 0 Å². The van der Waals surface area contributed by atoms with Gasteiger partial charge in [-0.05, 0) is 41.0 Å². The van der Waals surface area contributed by atoms with Crippen LogP contribution in [0.2, 0.25) is 0 Å². The number of hydrogen-bond donors (Lipinski definition) is 1. The lowest BCUT2D eigenvalue weighted by molar-refractivity contribution is 0.0852. The van der Waals surface area contributed by atoms with E-state index in [1.807, 2.05) is 6.07 Å². The quantitative estimate of drug-likeness (QED) is 0.294. The second-order valence-corrected chi connectivity index (χ2v) is 6.30. The number of hydrogen-bond acceptors (Lipinski definition) is 8. The molecule has 1 amide bonds. The van der Waals surface area contributed by atoms with Crippen LogP contribution in [0.5, 0.6) is 23.0 Å². The van der Waals surface area contributed by atoms with Crippen molar-refractivity contribution in [1.29, 1.82) is 0 Å². The van der Waals surface area contributed by atoms with Gasteiger partial charge in [0.05, 0.1) is 27.0 Å². The Morgan fingerprint density at radius 2 is 1.81 bits per heavy atom. The summed E-state index contributed by atoms with van der Waals surface area (Å²) in [7, 11) is 6.02. The molecule has 1 aliphatic heterocycles. The van der Waals surface area contributed by atoms with Crippen LogP contribution in [0.3, 0.4) is 0 Å². The molecule has 3 rings (SSSR count). The van der Waals surface area contributed by atoms with E-state index in [1.165, 1.54) is 14.2 Å². The lowest BCUT2D eigenvalue weighted by Gasteiger charge is -2.16. The van der Waals surface area contributed by atoms with Gasteiger partial charge in [0.2, 0.25) is 0 Å². The van der Waals surface area contributed by atoms with Crippen molar-refractivity contribution in [3.05, 3.63) is 57.5 Å². The van der Waals surface area contributed by atoms with Crippen molar-refractivity contribution in [2.75, 3.05) is 28.4 Å². The first-order chi connectivity index (χ1) is 15.1. The maximum atomic E-state index is 12.1. The molecule has 2 aromatic carbocycles. The summed E-state index contributed by atoms with van der Waals surface area (Å²) in [4.78, 5) is 25.7. The van der Waals surface area contributed by atoms with E-state index in [4.69, 9.17) is 29.4 Å². The lowest BCUT2D eigenvalue weighted by Crippen LogP contribution is -2.12. The first kappa shape index (κ1) is 21.8. The Bertz CT molecular complexity index is 1040. The molecule has 1 N–H and O–H groups in total. The van der Waals surface area contributed by atoms with E-state index in [0.29, 0.717) is 29.2 Å². The van der Waals surface area contributed by atoms with Gasteiger partial charge in [0.1, 0.15) is 17.1 Å². The predicted octanol–water partition coefficient (Wildman–Crippen LogP) is 3.54. The van der Waals surface area contributed by atoms with Gasteiger partial charge in [-0.3, -0.25) is 4.79 Å². The molecular formula is C20H21N5O6. The molecule has 0 aromatic heterocycles. The van der Waals surface area contributed by atoms with Crippen molar-refractivity contribution in [1.82, 2.24) is 5.48 Å². The normalized spacial score (nSPS) is 14.7. The number of methoxy groups -OCH3 is 3. The Balaban J connectivity index is 1.89. The van der Waals surface area contributed by atoms with Crippen molar-refractivity contribution in [3.8, 4) is 23.0 Å². The largest absolute Gasteiger partial charge is 0.496 e. The van der Waals surface area contributed by atoms with Crippen LogP contribution in [0, 0.1) is 0 Å². The lowest BCUT2D eigenvalue weighted by atomic mass is 9.98. The van der Waals surface area contributed by atoms with Crippen LogP contribution in [0.1, 0.15) is 34.0 Å². The zero-order valence-electron chi connectivity index (χ0n) is 17.4. The number of rotatable bonds is 8. The second-order valence-electron chi connectivity index (χ2n) is 6.30. The van der Waals surface area contributed by atoms with E-state index in [-0.39, 0.29) is 17.1 Å². The number of amides is 1. The fourth-order valence-corrected chi connectivity index (χ4v) is 3.19. The summed E-state index contributed by atoms with van der Waals surface area (Å²) >= 11 is 0. The maximum Gasteiger partial charge on any atom is 0.256 e. The monoisotopic (exact) mass is 427 g/mol. The molecule has 0 bridgehead atoms. The van der Waals surface area contributed by atoms with E-state index in [9.17, 15) is 4.79 Å². The topological polar surface area (TPSA) is 136 Å². The van der Waals surface area contributed by atoms with Gasteiger partial charge >= 0.3 is 0 Å². The number of nitrogens with zero attached hydrogens (tertiary/aromatic N) is 4. The second kappa shape index (κ2) is 9.70. The molecule has 1 aliphatic rings. The van der Waals surface area contributed by atoms with Crippen LogP contribution in [0.4, 0.5) is 0 Å². The molecule has 1 unspecified atom stereocenters. The number of hydroxylamine groups is 1. The molecule has 2 aromatic rings. The van der Waals surface area contributed by atoms with Crippen molar-refractivity contribution >= 4 is 11.6 Å². The predicted molar refractivity (Wildman–Crippen MR) is 111 cm³/mol. The fourth-order valence-electron chi connectivity index (χ4n) is 3.19. The van der Waals surface area contributed by atoms with Crippen molar-refractivity contribution < 1.29 is 28.7 Å². The number of azide groups is 1. The van der Waals surface area contributed by atoms with Crippen LogP contribution in [-0.2, 0) is 4.84 Å². The van der Waals surface area contributed by atoms with Gasteiger partial charge in [-0.15, -0.1) is 0 Å². The minimum absolute atomic E-state index is 0.0368. The molecule has 0 saturated carbocycles. The number of ether oxygens (including phenoxy) is 3. The van der Waals surface area contributed by atoms with Crippen molar-refractivity contribution in [2.24, 2.45) is 10.3 Å². The molecule has 11 nitrogen and oxygen atoms in total. The average molecular weight is 427 g/mol. The number of benzene rings is 2. The van der Waals surface area contributed by atoms with E-state index in [2.05, 4.69) is 20.7 Å². The van der Waals surface area contributed by atoms with Crippen LogP contribution in [0.25, 0.3) is 10.4 Å². The molecule has 0 radical (unpaired) electrons. The summed E-state index contributed by atoms with van der Waals surface area (Å²) in [6.45, 7) is 0. The number of carbonyl (C=O) groups is 1. The summed E-state index contributed by atoms with van der Waals surface area (Å²) in [5.74, 6) is 0.694. The van der Waals surface area contributed by atoms with Gasteiger partial charge in [0.15, 0.2) is 17.6 Å². The van der Waals surface area contributed by atoms with Crippen LogP contribution in [0.15, 0.2) is 40.6 Å². The van der Waals surface area contributed by atoms with Gasteiger partial charge < -0.3 is 23.9 Å². The standard InChI is InChI=1S/C20H21N5O6/c1-22-30-16-7-11(5-6-14(16)27-2)13-10-15(31-24-13)12-8-17(28-3)19(18(9-12)29-4)20(26)23-25-21/h5-9,15,22H,10H2,1-4H3. The Morgan fingerprint density at radius 1 is 1.13 bits per heavy atom. The Kier molecular flexibility index (Phi) is 6.81. The molecule has 1 atom stereocenters. The highest BCUT2D eigenvalue weighted by molar-refractivity contribution is 6.02. The number of carbonyl (C=O) groups excluding carboxylic acids is 1. The van der Waals surface area contributed by atoms with Crippen LogP contribution < -0.4 is 24.5 Å². The van der Waals surface area contributed by atoms with Gasteiger partial charge in [0.25, 0.3) is 5.91 Å². The highest BCUT2D eigenvalue weighted by Gasteiger charge is 2.28. The van der Waals surface area contributed by atoms with Crippen molar-refractivity contribution in [3.63, 3.8) is 0 Å². The molecule has 11 heteroatoms. The van der Waals surface area contributed by atoms with Gasteiger partial charge in [0, 0.05) is 29.5 Å². The average Bonchev–Trinajstić information content (AvgIpc) is 3.28. The van der Waals surface area contributed by atoms with Gasteiger partial charge in [-0.2, -0.15) is 5.48 Å².